The molecule has 0 amide bonds. The Morgan fingerprint density at radius 3 is 2.54 bits per heavy atom. The Hall–Kier alpha value is -2.15. The summed E-state index contributed by atoms with van der Waals surface area (Å²) in [7, 11) is 0. The van der Waals surface area contributed by atoms with E-state index in [0.717, 1.165) is 0 Å². The molecule has 0 saturated carbocycles. The first-order valence-corrected chi connectivity index (χ1v) is 3.55. The van der Waals surface area contributed by atoms with E-state index in [4.69, 9.17) is 5.26 Å². The summed E-state index contributed by atoms with van der Waals surface area (Å²) in [5, 5.41) is 18.7. The monoisotopic (exact) mass is 174 g/mol. The average Bonchev–Trinajstić information content (AvgIpc) is 2.15. The van der Waals surface area contributed by atoms with Gasteiger partial charge in [-0.3, -0.25) is 10.1 Å². The van der Waals surface area contributed by atoms with Crippen molar-refractivity contribution in [2.75, 3.05) is 0 Å². The van der Waals surface area contributed by atoms with Crippen molar-refractivity contribution >= 4 is 5.57 Å². The lowest BCUT2D eigenvalue weighted by Gasteiger charge is -1.93. The molecule has 0 atom stereocenters. The molecule has 0 aromatic heterocycles. The van der Waals surface area contributed by atoms with Crippen molar-refractivity contribution in [3.63, 3.8) is 0 Å². The van der Waals surface area contributed by atoms with Crippen LogP contribution in [0.4, 0.5) is 0 Å². The first-order valence-electron chi connectivity index (χ1n) is 3.55. The van der Waals surface area contributed by atoms with Crippen LogP contribution < -0.4 is 0 Å². The van der Waals surface area contributed by atoms with Crippen molar-refractivity contribution < 1.29 is 4.92 Å². The van der Waals surface area contributed by atoms with Crippen LogP contribution in [0.1, 0.15) is 5.56 Å². The number of nitro groups is 1. The molecule has 0 N–H and O–H groups in total. The fourth-order valence-electron chi connectivity index (χ4n) is 0.891. The Morgan fingerprint density at radius 2 is 2.08 bits per heavy atom. The van der Waals surface area contributed by atoms with Crippen LogP contribution in [0.2, 0.25) is 0 Å². The Labute approximate surface area is 74.9 Å². The van der Waals surface area contributed by atoms with Crippen molar-refractivity contribution in [3.05, 3.63) is 52.2 Å². The van der Waals surface area contributed by atoms with Gasteiger partial charge in [-0.2, -0.15) is 5.26 Å². The van der Waals surface area contributed by atoms with E-state index in [9.17, 15) is 10.1 Å². The summed E-state index contributed by atoms with van der Waals surface area (Å²) in [4.78, 5) is 9.49. The highest BCUT2D eigenvalue weighted by atomic mass is 16.6. The third-order valence-electron chi connectivity index (χ3n) is 1.44. The Balaban J connectivity index is 3.07. The van der Waals surface area contributed by atoms with E-state index in [-0.39, 0.29) is 5.57 Å². The Kier molecular flexibility index (Phi) is 2.77. The van der Waals surface area contributed by atoms with Gasteiger partial charge in [0, 0.05) is 0 Å². The topological polar surface area (TPSA) is 66.9 Å². The van der Waals surface area contributed by atoms with Crippen LogP contribution >= 0.6 is 0 Å². The van der Waals surface area contributed by atoms with Crippen LogP contribution in [-0.4, -0.2) is 4.92 Å². The van der Waals surface area contributed by atoms with Crippen molar-refractivity contribution in [3.8, 4) is 6.07 Å². The van der Waals surface area contributed by atoms with Gasteiger partial charge in [0.05, 0.1) is 4.92 Å². The smallest absolute Gasteiger partial charge is 0.252 e. The van der Waals surface area contributed by atoms with Crippen LogP contribution in [0.25, 0.3) is 5.57 Å². The maximum atomic E-state index is 10.1. The zero-order valence-corrected chi connectivity index (χ0v) is 6.68. The molecule has 1 aromatic rings. The van der Waals surface area contributed by atoms with E-state index >= 15 is 0 Å². The Bertz CT molecular complexity index is 376. The summed E-state index contributed by atoms with van der Waals surface area (Å²) >= 11 is 0. The normalized spacial score (nSPS) is 10.5. The minimum absolute atomic E-state index is 0.0607. The molecule has 1 rings (SSSR count). The van der Waals surface area contributed by atoms with Crippen molar-refractivity contribution in [2.45, 2.75) is 0 Å². The average molecular weight is 174 g/mol. The zero-order valence-electron chi connectivity index (χ0n) is 6.68. The van der Waals surface area contributed by atoms with E-state index in [2.05, 4.69) is 0 Å². The van der Waals surface area contributed by atoms with Gasteiger partial charge in [0.2, 0.25) is 0 Å². The molecule has 13 heavy (non-hydrogen) atoms. The lowest BCUT2D eigenvalue weighted by atomic mass is 10.1. The number of allylic oxidation sites excluding steroid dienone is 1. The largest absolute Gasteiger partial charge is 0.259 e. The van der Waals surface area contributed by atoms with Crippen molar-refractivity contribution in [1.29, 1.82) is 5.26 Å². The predicted molar refractivity (Wildman–Crippen MR) is 47.0 cm³/mol. The molecule has 0 aliphatic rings. The minimum atomic E-state index is -0.633. The van der Waals surface area contributed by atoms with Gasteiger partial charge in [0.1, 0.15) is 11.6 Å². The third-order valence-corrected chi connectivity index (χ3v) is 1.44. The summed E-state index contributed by atoms with van der Waals surface area (Å²) in [6.07, 6.45) is 0.704. The number of nitrogens with zero attached hydrogens (tertiary/aromatic N) is 2. The molecule has 64 valence electrons. The molecule has 0 saturated heterocycles. The lowest BCUT2D eigenvalue weighted by Crippen LogP contribution is -1.88. The number of benzene rings is 1. The van der Waals surface area contributed by atoms with E-state index in [1.807, 2.05) is 0 Å². The molecule has 0 bridgehead atoms. The van der Waals surface area contributed by atoms with Gasteiger partial charge in [-0.15, -0.1) is 0 Å². The van der Waals surface area contributed by atoms with Gasteiger partial charge in [-0.25, -0.2) is 0 Å². The van der Waals surface area contributed by atoms with Gasteiger partial charge in [0.15, 0.2) is 0 Å². The number of nitriles is 1. The van der Waals surface area contributed by atoms with E-state index in [1.54, 1.807) is 36.4 Å². The maximum Gasteiger partial charge on any atom is 0.252 e. The van der Waals surface area contributed by atoms with Crippen molar-refractivity contribution in [2.24, 2.45) is 0 Å². The number of hydrogen-bond acceptors (Lipinski definition) is 3. The first-order chi connectivity index (χ1) is 6.24. The summed E-state index contributed by atoms with van der Waals surface area (Å²) in [5.74, 6) is 0. The molecule has 4 heteroatoms. The van der Waals surface area contributed by atoms with E-state index in [1.165, 1.54) is 0 Å². The highest BCUT2D eigenvalue weighted by Gasteiger charge is 2.03. The molecule has 4 nitrogen and oxygen atoms in total. The molecule has 0 spiro atoms. The Morgan fingerprint density at radius 1 is 1.46 bits per heavy atom. The minimum Gasteiger partial charge on any atom is -0.259 e. The third kappa shape index (κ3) is 2.42. The second kappa shape index (κ2) is 4.02. The fraction of sp³-hybridized carbons (Fsp3) is 0. The molecule has 0 fully saturated rings. The molecule has 0 aliphatic heterocycles. The summed E-state index contributed by atoms with van der Waals surface area (Å²) in [6.45, 7) is 0. The molecular weight excluding hydrogens is 168 g/mol. The molecule has 0 radical (unpaired) electrons. The van der Waals surface area contributed by atoms with Crippen LogP contribution in [0.3, 0.4) is 0 Å². The van der Waals surface area contributed by atoms with Gasteiger partial charge in [-0.05, 0) is 5.56 Å². The van der Waals surface area contributed by atoms with Crippen LogP contribution in [0.15, 0.2) is 36.5 Å². The fourth-order valence-corrected chi connectivity index (χ4v) is 0.891. The lowest BCUT2D eigenvalue weighted by molar-refractivity contribution is -0.401. The molecule has 0 heterocycles. The standard InChI is InChI=1S/C9H6N2O2/c10-6-9(7-11(12)13)8-4-2-1-3-5-8/h1-5,7H. The zero-order chi connectivity index (χ0) is 9.68. The quantitative estimate of drug-likeness (QED) is 0.390. The van der Waals surface area contributed by atoms with Gasteiger partial charge >= 0.3 is 0 Å². The molecule has 0 unspecified atom stereocenters. The van der Waals surface area contributed by atoms with E-state index in [0.29, 0.717) is 11.8 Å². The highest BCUT2D eigenvalue weighted by molar-refractivity contribution is 5.75. The number of hydrogen-bond donors (Lipinski definition) is 0. The summed E-state index contributed by atoms with van der Waals surface area (Å²) in [6, 6.07) is 10.3. The summed E-state index contributed by atoms with van der Waals surface area (Å²) in [5.41, 5.74) is 0.618. The van der Waals surface area contributed by atoms with Gasteiger partial charge in [-0.1, -0.05) is 30.3 Å². The summed E-state index contributed by atoms with van der Waals surface area (Å²) < 4.78 is 0. The number of rotatable bonds is 2. The predicted octanol–water partition coefficient (Wildman–Crippen LogP) is 1.83. The molecule has 1 aromatic carbocycles. The van der Waals surface area contributed by atoms with Crippen LogP contribution in [0.5, 0.6) is 0 Å². The second-order valence-electron chi connectivity index (χ2n) is 2.31. The first kappa shape index (κ1) is 8.94. The van der Waals surface area contributed by atoms with Crippen molar-refractivity contribution in [1.82, 2.24) is 0 Å². The van der Waals surface area contributed by atoms with Gasteiger partial charge < -0.3 is 0 Å². The van der Waals surface area contributed by atoms with E-state index < -0.39 is 4.92 Å². The SMILES string of the molecule is N#CC(=C[N+](=O)[O-])c1ccccc1. The van der Waals surface area contributed by atoms with Crippen LogP contribution in [0, 0.1) is 21.4 Å². The maximum absolute atomic E-state index is 10.1. The second-order valence-corrected chi connectivity index (χ2v) is 2.31. The molecule has 0 aliphatic carbocycles. The highest BCUT2D eigenvalue weighted by Crippen LogP contribution is 2.11. The molecular formula is C9H6N2O2. The van der Waals surface area contributed by atoms with Gasteiger partial charge in [0.25, 0.3) is 6.20 Å². The van der Waals surface area contributed by atoms with Crippen LogP contribution in [-0.2, 0) is 0 Å².